The van der Waals surface area contributed by atoms with Crippen LogP contribution in [0.4, 0.5) is 13.2 Å². The zero-order valence-electron chi connectivity index (χ0n) is 6.91. The second kappa shape index (κ2) is 3.23. The summed E-state index contributed by atoms with van der Waals surface area (Å²) >= 11 is 0. The fraction of sp³-hybridized carbons (Fsp3) is 0.714. The SMILES string of the molecule is FC(F)(F)OC1CC(c2n[c]on2)C1. The third kappa shape index (κ3) is 2.03. The van der Waals surface area contributed by atoms with E-state index in [0.717, 1.165) is 0 Å². The maximum atomic E-state index is 11.7. The van der Waals surface area contributed by atoms with Crippen LogP contribution >= 0.6 is 0 Å². The molecule has 0 bridgehead atoms. The zero-order valence-corrected chi connectivity index (χ0v) is 6.91. The Labute approximate surface area is 77.0 Å². The van der Waals surface area contributed by atoms with E-state index < -0.39 is 12.5 Å². The number of nitrogens with zero attached hydrogens (tertiary/aromatic N) is 2. The molecular weight excluding hydrogens is 201 g/mol. The Balaban J connectivity index is 1.80. The van der Waals surface area contributed by atoms with Gasteiger partial charge in [-0.3, -0.25) is 4.74 Å². The second-order valence-electron chi connectivity index (χ2n) is 3.10. The van der Waals surface area contributed by atoms with E-state index in [1.807, 2.05) is 0 Å². The molecule has 0 spiro atoms. The number of ether oxygens (including phenoxy) is 1. The molecule has 4 nitrogen and oxygen atoms in total. The van der Waals surface area contributed by atoms with E-state index in [2.05, 4.69) is 25.8 Å². The van der Waals surface area contributed by atoms with Crippen molar-refractivity contribution in [3.63, 3.8) is 0 Å². The lowest BCUT2D eigenvalue weighted by atomic mass is 9.82. The standard InChI is InChI=1S/C7H6F3N2O2/c8-7(9,10)14-5-1-4(2-5)6-11-3-13-12-6/h4-5H,1-2H2. The van der Waals surface area contributed by atoms with Crippen LogP contribution < -0.4 is 0 Å². The van der Waals surface area contributed by atoms with Crippen molar-refractivity contribution in [3.05, 3.63) is 12.2 Å². The molecule has 77 valence electrons. The van der Waals surface area contributed by atoms with Gasteiger partial charge in [-0.25, -0.2) is 0 Å². The molecule has 0 amide bonds. The molecular formula is C7H6F3N2O2. The second-order valence-corrected chi connectivity index (χ2v) is 3.10. The van der Waals surface area contributed by atoms with Crippen molar-refractivity contribution in [1.82, 2.24) is 10.1 Å². The number of aromatic nitrogens is 2. The first-order chi connectivity index (χ1) is 6.54. The zero-order chi connectivity index (χ0) is 10.2. The van der Waals surface area contributed by atoms with Crippen molar-refractivity contribution in [2.75, 3.05) is 0 Å². The number of rotatable bonds is 2. The molecule has 0 atom stereocenters. The molecule has 0 unspecified atom stereocenters. The maximum Gasteiger partial charge on any atom is 0.522 e. The van der Waals surface area contributed by atoms with Gasteiger partial charge in [-0.2, -0.15) is 4.98 Å². The van der Waals surface area contributed by atoms with Crippen LogP contribution in [0.25, 0.3) is 0 Å². The third-order valence-corrected chi connectivity index (χ3v) is 2.10. The van der Waals surface area contributed by atoms with Crippen LogP contribution in [0.3, 0.4) is 0 Å². The molecule has 1 aromatic rings. The molecule has 1 aromatic heterocycles. The molecule has 1 radical (unpaired) electrons. The number of alkyl halides is 3. The van der Waals surface area contributed by atoms with E-state index in [0.29, 0.717) is 5.82 Å². The van der Waals surface area contributed by atoms with Gasteiger partial charge in [-0.15, -0.1) is 13.2 Å². The highest BCUT2D eigenvalue weighted by Crippen LogP contribution is 2.39. The van der Waals surface area contributed by atoms with Gasteiger partial charge in [-0.1, -0.05) is 5.16 Å². The average molecular weight is 207 g/mol. The lowest BCUT2D eigenvalue weighted by Crippen LogP contribution is -2.35. The molecule has 1 heterocycles. The molecule has 1 aliphatic carbocycles. The Morgan fingerprint density at radius 1 is 1.43 bits per heavy atom. The largest absolute Gasteiger partial charge is 0.522 e. The first-order valence-electron chi connectivity index (χ1n) is 3.99. The van der Waals surface area contributed by atoms with Crippen LogP contribution in [0.5, 0.6) is 0 Å². The fourth-order valence-electron chi connectivity index (χ4n) is 1.38. The van der Waals surface area contributed by atoms with Crippen molar-refractivity contribution < 1.29 is 22.4 Å². The van der Waals surface area contributed by atoms with E-state index >= 15 is 0 Å². The number of hydrogen-bond acceptors (Lipinski definition) is 4. The first kappa shape index (κ1) is 9.45. The topological polar surface area (TPSA) is 48.2 Å². The van der Waals surface area contributed by atoms with Crippen LogP contribution in [0.1, 0.15) is 24.6 Å². The molecule has 14 heavy (non-hydrogen) atoms. The summed E-state index contributed by atoms with van der Waals surface area (Å²) in [6, 6.07) is 0. The van der Waals surface area contributed by atoms with Gasteiger partial charge in [0.2, 0.25) is 0 Å². The minimum Gasteiger partial charge on any atom is -0.329 e. The summed E-state index contributed by atoms with van der Waals surface area (Å²) in [6.45, 7) is 0. The number of hydrogen-bond donors (Lipinski definition) is 0. The molecule has 2 rings (SSSR count). The molecule has 1 aliphatic rings. The third-order valence-electron chi connectivity index (χ3n) is 2.10. The van der Waals surface area contributed by atoms with Gasteiger partial charge in [0.15, 0.2) is 5.82 Å². The highest BCUT2D eigenvalue weighted by Gasteiger charge is 2.41. The van der Waals surface area contributed by atoms with E-state index in [1.54, 1.807) is 0 Å². The lowest BCUT2D eigenvalue weighted by molar-refractivity contribution is -0.352. The van der Waals surface area contributed by atoms with Gasteiger partial charge < -0.3 is 4.52 Å². The smallest absolute Gasteiger partial charge is 0.329 e. The van der Waals surface area contributed by atoms with Gasteiger partial charge in [0.1, 0.15) is 0 Å². The van der Waals surface area contributed by atoms with Crippen LogP contribution in [0, 0.1) is 6.39 Å². The Kier molecular flexibility index (Phi) is 2.18. The first-order valence-corrected chi connectivity index (χ1v) is 3.99. The van der Waals surface area contributed by atoms with Gasteiger partial charge in [0.25, 0.3) is 0 Å². The summed E-state index contributed by atoms with van der Waals surface area (Å²) in [4.78, 5) is 3.63. The van der Waals surface area contributed by atoms with Crippen LogP contribution in [0.2, 0.25) is 0 Å². The summed E-state index contributed by atoms with van der Waals surface area (Å²) in [6.07, 6.45) is -2.65. The predicted octanol–water partition coefficient (Wildman–Crippen LogP) is 1.65. The Morgan fingerprint density at radius 2 is 2.14 bits per heavy atom. The number of halogens is 3. The molecule has 0 aromatic carbocycles. The van der Waals surface area contributed by atoms with Gasteiger partial charge in [0.05, 0.1) is 6.10 Å². The Bertz CT molecular complexity index is 292. The molecule has 1 saturated carbocycles. The minimum absolute atomic E-state index is 0.0997. The van der Waals surface area contributed by atoms with Crippen LogP contribution in [-0.4, -0.2) is 22.6 Å². The summed E-state index contributed by atoms with van der Waals surface area (Å²) in [5, 5.41) is 3.49. The quantitative estimate of drug-likeness (QED) is 0.739. The van der Waals surface area contributed by atoms with Gasteiger partial charge in [0, 0.05) is 5.92 Å². The normalized spacial score (nSPS) is 27.4. The summed E-state index contributed by atoms with van der Waals surface area (Å²) < 4.78 is 43.3. The van der Waals surface area contributed by atoms with Crippen LogP contribution in [0.15, 0.2) is 4.52 Å². The Hall–Kier alpha value is -1.11. The van der Waals surface area contributed by atoms with E-state index in [9.17, 15) is 13.2 Å². The average Bonchev–Trinajstić information content (AvgIpc) is 2.45. The van der Waals surface area contributed by atoms with Crippen molar-refractivity contribution in [2.24, 2.45) is 0 Å². The van der Waals surface area contributed by atoms with Crippen molar-refractivity contribution in [3.8, 4) is 0 Å². The highest BCUT2D eigenvalue weighted by atomic mass is 19.4. The van der Waals surface area contributed by atoms with Crippen LogP contribution in [-0.2, 0) is 4.74 Å². The lowest BCUT2D eigenvalue weighted by Gasteiger charge is -2.33. The predicted molar refractivity (Wildman–Crippen MR) is 36.0 cm³/mol. The van der Waals surface area contributed by atoms with E-state index in [1.165, 1.54) is 0 Å². The fourth-order valence-corrected chi connectivity index (χ4v) is 1.38. The summed E-state index contributed by atoms with van der Waals surface area (Å²) in [5.74, 6) is 0.296. The van der Waals surface area contributed by atoms with Gasteiger partial charge in [-0.05, 0) is 12.8 Å². The monoisotopic (exact) mass is 207 g/mol. The highest BCUT2D eigenvalue weighted by molar-refractivity contribution is 5.01. The van der Waals surface area contributed by atoms with E-state index in [4.69, 9.17) is 0 Å². The summed E-state index contributed by atoms with van der Waals surface area (Å²) in [7, 11) is 0. The molecule has 0 N–H and O–H groups in total. The maximum absolute atomic E-state index is 11.7. The minimum atomic E-state index is -4.56. The Morgan fingerprint density at radius 3 is 2.64 bits per heavy atom. The van der Waals surface area contributed by atoms with Crippen molar-refractivity contribution >= 4 is 0 Å². The van der Waals surface area contributed by atoms with Crippen molar-refractivity contribution in [2.45, 2.75) is 31.2 Å². The molecule has 7 heteroatoms. The molecule has 1 fully saturated rings. The summed E-state index contributed by atoms with van der Waals surface area (Å²) in [5.41, 5.74) is 0. The molecule has 0 aliphatic heterocycles. The van der Waals surface area contributed by atoms with Gasteiger partial charge >= 0.3 is 12.8 Å². The van der Waals surface area contributed by atoms with E-state index in [-0.39, 0.29) is 18.8 Å². The van der Waals surface area contributed by atoms with Crippen molar-refractivity contribution in [1.29, 1.82) is 0 Å². The molecule has 0 saturated heterocycles.